The highest BCUT2D eigenvalue weighted by atomic mass is 35.5. The molecule has 0 fully saturated rings. The molecule has 0 aliphatic carbocycles. The molecule has 0 aliphatic rings. The zero-order valence-corrected chi connectivity index (χ0v) is 19.3. The number of esters is 1. The van der Waals surface area contributed by atoms with E-state index in [4.69, 9.17) is 16.3 Å². The average molecular weight is 487 g/mol. The van der Waals surface area contributed by atoms with E-state index in [1.807, 2.05) is 6.07 Å². The third-order valence-electron chi connectivity index (χ3n) is 5.37. The number of pyridine rings is 1. The molecule has 1 N–H and O–H groups in total. The van der Waals surface area contributed by atoms with Crippen molar-refractivity contribution in [3.05, 3.63) is 81.7 Å². The molecule has 0 aliphatic heterocycles. The summed E-state index contributed by atoms with van der Waals surface area (Å²) < 4.78 is 19.5. The predicted molar refractivity (Wildman–Crippen MR) is 126 cm³/mol. The number of nitrogens with one attached hydrogen (secondary N) is 1. The van der Waals surface area contributed by atoms with E-state index in [1.54, 1.807) is 49.4 Å². The van der Waals surface area contributed by atoms with Crippen LogP contribution in [0.25, 0.3) is 10.8 Å². The third-order valence-corrected chi connectivity index (χ3v) is 5.61. The highest BCUT2D eigenvalue weighted by molar-refractivity contribution is 6.31. The van der Waals surface area contributed by atoms with E-state index in [0.29, 0.717) is 15.8 Å². The van der Waals surface area contributed by atoms with E-state index in [9.17, 15) is 23.6 Å². The normalized spacial score (nSPS) is 12.7. The summed E-state index contributed by atoms with van der Waals surface area (Å²) in [5, 5.41) is 3.79. The lowest BCUT2D eigenvalue weighted by Gasteiger charge is -2.22. The number of amides is 1. The van der Waals surface area contributed by atoms with Gasteiger partial charge in [-0.15, -0.1) is 0 Å². The molecule has 2 atom stereocenters. The van der Waals surface area contributed by atoms with Crippen LogP contribution in [0.3, 0.4) is 0 Å². The minimum Gasteiger partial charge on any atom is -0.461 e. The van der Waals surface area contributed by atoms with Crippen LogP contribution in [0.4, 0.5) is 4.39 Å². The molecule has 2 aromatic carbocycles. The fraction of sp³-hybridized carbons (Fsp3) is 0.280. The maximum atomic E-state index is 13.2. The molecule has 0 spiro atoms. The van der Waals surface area contributed by atoms with Crippen molar-refractivity contribution in [1.82, 2.24) is 9.88 Å². The van der Waals surface area contributed by atoms with E-state index < -0.39 is 48.4 Å². The van der Waals surface area contributed by atoms with Gasteiger partial charge >= 0.3 is 5.97 Å². The topological polar surface area (TPSA) is 94.5 Å². The van der Waals surface area contributed by atoms with Crippen molar-refractivity contribution in [1.29, 1.82) is 0 Å². The van der Waals surface area contributed by atoms with Crippen LogP contribution in [-0.4, -0.2) is 34.9 Å². The van der Waals surface area contributed by atoms with E-state index in [-0.39, 0.29) is 13.0 Å². The Bertz CT molecular complexity index is 1250. The van der Waals surface area contributed by atoms with E-state index in [2.05, 4.69) is 5.32 Å². The lowest BCUT2D eigenvalue weighted by molar-refractivity contribution is -0.147. The van der Waals surface area contributed by atoms with Crippen molar-refractivity contribution < 1.29 is 23.5 Å². The number of ether oxygens (including phenoxy) is 1. The SMILES string of the molecule is CCC(C(=O)N[C@@H](CC(=O)OCc1ccccc1)C(=O)CF)n1ccc2ccc(Cl)cc2c1=O. The first kappa shape index (κ1) is 25.1. The second-order valence-electron chi connectivity index (χ2n) is 7.70. The van der Waals surface area contributed by atoms with Crippen LogP contribution < -0.4 is 10.9 Å². The van der Waals surface area contributed by atoms with Crippen LogP contribution in [0.2, 0.25) is 5.02 Å². The number of halogens is 2. The van der Waals surface area contributed by atoms with Gasteiger partial charge in [0, 0.05) is 16.6 Å². The first-order valence-electron chi connectivity index (χ1n) is 10.7. The molecule has 9 heteroatoms. The molecule has 1 aromatic heterocycles. The Labute approximate surface area is 200 Å². The van der Waals surface area contributed by atoms with Gasteiger partial charge in [0.05, 0.1) is 6.42 Å². The van der Waals surface area contributed by atoms with Gasteiger partial charge in [0.2, 0.25) is 5.91 Å². The second kappa shape index (κ2) is 11.6. The molecule has 34 heavy (non-hydrogen) atoms. The van der Waals surface area contributed by atoms with Crippen LogP contribution in [0.15, 0.2) is 65.6 Å². The number of benzene rings is 2. The molecule has 3 aromatic rings. The average Bonchev–Trinajstić information content (AvgIpc) is 2.84. The van der Waals surface area contributed by atoms with Crippen molar-refractivity contribution in [3.8, 4) is 0 Å². The standard InChI is InChI=1S/C25H24ClFN2O5/c1-2-21(29-11-10-17-8-9-18(26)12-19(17)25(29)33)24(32)28-20(22(30)14-27)13-23(31)34-15-16-6-4-3-5-7-16/h3-12,20-21H,2,13-15H2,1H3,(H,28,32)/t20-,21?/m0/s1. The molecule has 1 amide bonds. The van der Waals surface area contributed by atoms with Crippen molar-refractivity contribution in [2.24, 2.45) is 0 Å². The number of nitrogens with zero attached hydrogens (tertiary/aromatic N) is 1. The van der Waals surface area contributed by atoms with Crippen molar-refractivity contribution in [2.75, 3.05) is 6.67 Å². The Morgan fingerprint density at radius 3 is 2.53 bits per heavy atom. The zero-order valence-electron chi connectivity index (χ0n) is 18.5. The Kier molecular flexibility index (Phi) is 8.54. The minimum atomic E-state index is -1.42. The second-order valence-corrected chi connectivity index (χ2v) is 8.13. The van der Waals surface area contributed by atoms with Crippen LogP contribution in [0.5, 0.6) is 0 Å². The fourth-order valence-electron chi connectivity index (χ4n) is 3.55. The lowest BCUT2D eigenvalue weighted by atomic mass is 10.1. The number of rotatable bonds is 10. The maximum absolute atomic E-state index is 13.2. The van der Waals surface area contributed by atoms with Gasteiger partial charge in [-0.1, -0.05) is 54.9 Å². The Morgan fingerprint density at radius 1 is 1.12 bits per heavy atom. The van der Waals surface area contributed by atoms with E-state index in [1.165, 1.54) is 16.8 Å². The third kappa shape index (κ3) is 6.08. The Morgan fingerprint density at radius 2 is 1.85 bits per heavy atom. The summed E-state index contributed by atoms with van der Waals surface area (Å²) in [4.78, 5) is 50.3. The van der Waals surface area contributed by atoms with Gasteiger partial charge in [0.25, 0.3) is 5.56 Å². The van der Waals surface area contributed by atoms with Gasteiger partial charge in [-0.05, 0) is 35.6 Å². The number of fused-ring (bicyclic) bond motifs is 1. The molecule has 3 rings (SSSR count). The molecule has 0 radical (unpaired) electrons. The number of carbonyl (C=O) groups is 3. The maximum Gasteiger partial charge on any atom is 0.308 e. The molecular weight excluding hydrogens is 463 g/mol. The molecule has 1 unspecified atom stereocenters. The monoisotopic (exact) mass is 486 g/mol. The first-order chi connectivity index (χ1) is 16.3. The fourth-order valence-corrected chi connectivity index (χ4v) is 3.72. The number of aromatic nitrogens is 1. The van der Waals surface area contributed by atoms with Gasteiger partial charge in [-0.25, -0.2) is 4.39 Å². The number of Topliss-reactive ketones (excluding diaryl/α,β-unsaturated/α-hetero) is 1. The number of alkyl halides is 1. The summed E-state index contributed by atoms with van der Waals surface area (Å²) >= 11 is 6.01. The van der Waals surface area contributed by atoms with Crippen molar-refractivity contribution in [2.45, 2.75) is 38.5 Å². The molecular formula is C25H24ClFN2O5. The summed E-state index contributed by atoms with van der Waals surface area (Å²) in [6.45, 7) is 0.317. The summed E-state index contributed by atoms with van der Waals surface area (Å²) in [7, 11) is 0. The highest BCUT2D eigenvalue weighted by Gasteiger charge is 2.28. The summed E-state index contributed by atoms with van der Waals surface area (Å²) in [5.74, 6) is -2.41. The summed E-state index contributed by atoms with van der Waals surface area (Å²) in [5.41, 5.74) is 0.313. The Balaban J connectivity index is 1.75. The molecule has 0 saturated heterocycles. The predicted octanol–water partition coefficient (Wildman–Crippen LogP) is 3.76. The minimum absolute atomic E-state index is 0.0171. The quantitative estimate of drug-likeness (QED) is 0.440. The largest absolute Gasteiger partial charge is 0.461 e. The van der Waals surface area contributed by atoms with Gasteiger partial charge in [-0.2, -0.15) is 0 Å². The van der Waals surface area contributed by atoms with Crippen LogP contribution in [0.1, 0.15) is 31.4 Å². The highest BCUT2D eigenvalue weighted by Crippen LogP contribution is 2.18. The summed E-state index contributed by atoms with van der Waals surface area (Å²) in [6, 6.07) is 13.1. The molecule has 178 valence electrons. The number of ketones is 1. The molecule has 7 nitrogen and oxygen atoms in total. The number of hydrogen-bond acceptors (Lipinski definition) is 5. The van der Waals surface area contributed by atoms with Gasteiger partial charge in [0.1, 0.15) is 25.4 Å². The van der Waals surface area contributed by atoms with Crippen LogP contribution in [0, 0.1) is 0 Å². The van der Waals surface area contributed by atoms with Gasteiger partial charge in [-0.3, -0.25) is 19.2 Å². The van der Waals surface area contributed by atoms with E-state index in [0.717, 1.165) is 5.56 Å². The van der Waals surface area contributed by atoms with Crippen LogP contribution in [-0.2, 0) is 25.7 Å². The number of hydrogen-bond donors (Lipinski definition) is 1. The zero-order chi connectivity index (χ0) is 24.7. The smallest absolute Gasteiger partial charge is 0.308 e. The first-order valence-corrected chi connectivity index (χ1v) is 11.1. The Hall–Kier alpha value is -3.52. The van der Waals surface area contributed by atoms with E-state index >= 15 is 0 Å². The molecule has 1 heterocycles. The lowest BCUT2D eigenvalue weighted by Crippen LogP contribution is -2.47. The van der Waals surface area contributed by atoms with Gasteiger partial charge < -0.3 is 14.6 Å². The molecule has 0 bridgehead atoms. The van der Waals surface area contributed by atoms with Crippen molar-refractivity contribution >= 4 is 40.0 Å². The summed E-state index contributed by atoms with van der Waals surface area (Å²) in [6.07, 6.45) is 1.17. The number of carbonyl (C=O) groups excluding carboxylic acids is 3. The van der Waals surface area contributed by atoms with Crippen molar-refractivity contribution in [3.63, 3.8) is 0 Å². The molecule has 0 saturated carbocycles. The van der Waals surface area contributed by atoms with Crippen LogP contribution >= 0.6 is 11.6 Å². The van der Waals surface area contributed by atoms with Gasteiger partial charge in [0.15, 0.2) is 5.78 Å².